The Morgan fingerprint density at radius 2 is 2.06 bits per heavy atom. The molecule has 16 heavy (non-hydrogen) atoms. The summed E-state index contributed by atoms with van der Waals surface area (Å²) in [6.45, 7) is 8.84. The zero-order chi connectivity index (χ0) is 12.2. The predicted molar refractivity (Wildman–Crippen MR) is 68.3 cm³/mol. The number of rotatable bonds is 6. The van der Waals surface area contributed by atoms with Crippen LogP contribution in [0.4, 0.5) is 0 Å². The zero-order valence-corrected chi connectivity index (χ0v) is 11.1. The summed E-state index contributed by atoms with van der Waals surface area (Å²) in [5.41, 5.74) is 5.27. The van der Waals surface area contributed by atoms with Crippen LogP contribution in [0.3, 0.4) is 0 Å². The number of nitrogens with zero attached hydrogens (tertiary/aromatic N) is 1. The highest BCUT2D eigenvalue weighted by Crippen LogP contribution is 2.29. The molecular formula is C13H28N2O. The number of hydrogen-bond donors (Lipinski definition) is 2. The molecule has 3 N–H and O–H groups in total. The van der Waals surface area contributed by atoms with Crippen molar-refractivity contribution in [3.8, 4) is 0 Å². The van der Waals surface area contributed by atoms with Gasteiger partial charge in [0.1, 0.15) is 0 Å². The lowest BCUT2D eigenvalue weighted by molar-refractivity contribution is 0.0482. The van der Waals surface area contributed by atoms with Crippen LogP contribution in [0.1, 0.15) is 46.5 Å². The third-order valence-corrected chi connectivity index (χ3v) is 3.81. The smallest absolute Gasteiger partial charge is 0.0603 e. The number of nitrogens with two attached hydrogens (primary N) is 1. The van der Waals surface area contributed by atoms with Crippen molar-refractivity contribution in [2.45, 2.75) is 58.1 Å². The largest absolute Gasteiger partial charge is 0.390 e. The van der Waals surface area contributed by atoms with Gasteiger partial charge in [0.05, 0.1) is 5.60 Å². The van der Waals surface area contributed by atoms with Gasteiger partial charge in [-0.15, -0.1) is 0 Å². The molecule has 2 unspecified atom stereocenters. The summed E-state index contributed by atoms with van der Waals surface area (Å²) < 4.78 is 0. The molecule has 0 aromatic heterocycles. The lowest BCUT2D eigenvalue weighted by Gasteiger charge is -2.33. The van der Waals surface area contributed by atoms with Gasteiger partial charge < -0.3 is 15.7 Å². The topological polar surface area (TPSA) is 49.5 Å². The first-order valence-electron chi connectivity index (χ1n) is 6.64. The van der Waals surface area contributed by atoms with Gasteiger partial charge >= 0.3 is 0 Å². The van der Waals surface area contributed by atoms with Crippen LogP contribution in [0.2, 0.25) is 0 Å². The highest BCUT2D eigenvalue weighted by molar-refractivity contribution is 4.86. The van der Waals surface area contributed by atoms with Crippen molar-refractivity contribution in [1.82, 2.24) is 4.90 Å². The van der Waals surface area contributed by atoms with Crippen LogP contribution in [0.5, 0.6) is 0 Å². The molecule has 0 aromatic carbocycles. The molecular weight excluding hydrogens is 200 g/mol. The SMILES string of the molecule is CCN(CCC(C)(C)O)C1CCCC1CN. The van der Waals surface area contributed by atoms with Gasteiger partial charge in [0.25, 0.3) is 0 Å². The maximum Gasteiger partial charge on any atom is 0.0603 e. The van der Waals surface area contributed by atoms with Gasteiger partial charge in [-0.25, -0.2) is 0 Å². The molecule has 0 aliphatic heterocycles. The van der Waals surface area contributed by atoms with Crippen molar-refractivity contribution in [1.29, 1.82) is 0 Å². The maximum absolute atomic E-state index is 9.78. The molecule has 1 saturated carbocycles. The fraction of sp³-hybridized carbons (Fsp3) is 1.00. The van der Waals surface area contributed by atoms with Crippen LogP contribution in [0.25, 0.3) is 0 Å². The van der Waals surface area contributed by atoms with E-state index in [1.54, 1.807) is 0 Å². The normalized spacial score (nSPS) is 26.6. The molecule has 0 radical (unpaired) electrons. The van der Waals surface area contributed by atoms with Crippen molar-refractivity contribution >= 4 is 0 Å². The summed E-state index contributed by atoms with van der Waals surface area (Å²) in [5, 5.41) is 9.78. The molecule has 96 valence electrons. The fourth-order valence-electron chi connectivity index (χ4n) is 2.75. The third-order valence-electron chi connectivity index (χ3n) is 3.81. The van der Waals surface area contributed by atoms with Crippen molar-refractivity contribution in [3.05, 3.63) is 0 Å². The molecule has 2 atom stereocenters. The Morgan fingerprint density at radius 1 is 1.38 bits per heavy atom. The molecule has 0 amide bonds. The van der Waals surface area contributed by atoms with Crippen LogP contribution < -0.4 is 5.73 Å². The van der Waals surface area contributed by atoms with Gasteiger partial charge in [-0.2, -0.15) is 0 Å². The minimum atomic E-state index is -0.551. The van der Waals surface area contributed by atoms with E-state index in [0.717, 1.165) is 26.1 Å². The Hall–Kier alpha value is -0.120. The van der Waals surface area contributed by atoms with Crippen LogP contribution in [-0.2, 0) is 0 Å². The number of hydrogen-bond acceptors (Lipinski definition) is 3. The van der Waals surface area contributed by atoms with Crippen LogP contribution in [0.15, 0.2) is 0 Å². The average Bonchev–Trinajstić information content (AvgIpc) is 2.65. The summed E-state index contributed by atoms with van der Waals surface area (Å²) in [4.78, 5) is 2.50. The molecule has 0 aromatic rings. The first kappa shape index (κ1) is 13.9. The molecule has 1 aliphatic rings. The average molecular weight is 228 g/mol. The first-order chi connectivity index (χ1) is 7.48. The fourth-order valence-corrected chi connectivity index (χ4v) is 2.75. The third kappa shape index (κ3) is 4.04. The second-order valence-corrected chi connectivity index (χ2v) is 5.69. The van der Waals surface area contributed by atoms with E-state index in [-0.39, 0.29) is 0 Å². The Morgan fingerprint density at radius 3 is 2.56 bits per heavy atom. The second kappa shape index (κ2) is 5.99. The van der Waals surface area contributed by atoms with E-state index < -0.39 is 5.60 Å². The molecule has 0 spiro atoms. The minimum absolute atomic E-state index is 0.551. The van der Waals surface area contributed by atoms with E-state index >= 15 is 0 Å². The molecule has 0 heterocycles. The standard InChI is InChI=1S/C13H28N2O/c1-4-15(9-8-13(2,3)16)12-7-5-6-11(12)10-14/h11-12,16H,4-10,14H2,1-3H3. The number of aliphatic hydroxyl groups is 1. The van der Waals surface area contributed by atoms with E-state index in [4.69, 9.17) is 5.73 Å². The minimum Gasteiger partial charge on any atom is -0.390 e. The van der Waals surface area contributed by atoms with E-state index in [1.807, 2.05) is 13.8 Å². The van der Waals surface area contributed by atoms with Gasteiger partial charge in [-0.1, -0.05) is 13.3 Å². The Kier molecular flexibility index (Phi) is 5.22. The second-order valence-electron chi connectivity index (χ2n) is 5.69. The highest BCUT2D eigenvalue weighted by atomic mass is 16.3. The van der Waals surface area contributed by atoms with E-state index in [9.17, 15) is 5.11 Å². The summed E-state index contributed by atoms with van der Waals surface area (Å²) in [5.74, 6) is 0.668. The van der Waals surface area contributed by atoms with Gasteiger partial charge in [0.15, 0.2) is 0 Å². The lowest BCUT2D eigenvalue weighted by Crippen LogP contribution is -2.42. The summed E-state index contributed by atoms with van der Waals surface area (Å²) >= 11 is 0. The zero-order valence-electron chi connectivity index (χ0n) is 11.1. The van der Waals surface area contributed by atoms with Crippen LogP contribution in [0, 0.1) is 5.92 Å². The van der Waals surface area contributed by atoms with E-state index in [0.29, 0.717) is 12.0 Å². The summed E-state index contributed by atoms with van der Waals surface area (Å²) in [7, 11) is 0. The Labute approximate surface area is 100 Å². The molecule has 3 nitrogen and oxygen atoms in total. The summed E-state index contributed by atoms with van der Waals surface area (Å²) in [6, 6.07) is 0.650. The first-order valence-corrected chi connectivity index (χ1v) is 6.64. The maximum atomic E-state index is 9.78. The van der Waals surface area contributed by atoms with Gasteiger partial charge in [-0.3, -0.25) is 0 Å². The predicted octanol–water partition coefficient (Wildman–Crippen LogP) is 1.60. The van der Waals surface area contributed by atoms with E-state index in [1.165, 1.54) is 19.3 Å². The molecule has 3 heteroatoms. The highest BCUT2D eigenvalue weighted by Gasteiger charge is 2.30. The van der Waals surface area contributed by atoms with Crippen molar-refractivity contribution in [3.63, 3.8) is 0 Å². The van der Waals surface area contributed by atoms with Gasteiger partial charge in [0, 0.05) is 12.6 Å². The molecule has 0 bridgehead atoms. The molecule has 0 saturated heterocycles. The molecule has 1 aliphatic carbocycles. The lowest BCUT2D eigenvalue weighted by atomic mass is 10.00. The Balaban J connectivity index is 2.47. The van der Waals surface area contributed by atoms with E-state index in [2.05, 4.69) is 11.8 Å². The molecule has 1 rings (SSSR count). The van der Waals surface area contributed by atoms with Crippen LogP contribution in [-0.4, -0.2) is 41.3 Å². The van der Waals surface area contributed by atoms with Crippen molar-refractivity contribution in [2.24, 2.45) is 11.7 Å². The summed E-state index contributed by atoms with van der Waals surface area (Å²) in [6.07, 6.45) is 4.71. The van der Waals surface area contributed by atoms with Gasteiger partial charge in [-0.05, 0) is 52.1 Å². The molecule has 1 fully saturated rings. The van der Waals surface area contributed by atoms with Crippen LogP contribution >= 0.6 is 0 Å². The quantitative estimate of drug-likeness (QED) is 0.726. The monoisotopic (exact) mass is 228 g/mol. The van der Waals surface area contributed by atoms with Crippen molar-refractivity contribution < 1.29 is 5.11 Å². The Bertz CT molecular complexity index is 201. The van der Waals surface area contributed by atoms with Gasteiger partial charge in [0.2, 0.25) is 0 Å². The van der Waals surface area contributed by atoms with Crippen molar-refractivity contribution in [2.75, 3.05) is 19.6 Å².